The molecule has 1 aliphatic heterocycles. The van der Waals surface area contributed by atoms with Crippen molar-refractivity contribution in [3.63, 3.8) is 0 Å². The molecule has 102 valence electrons. The zero-order chi connectivity index (χ0) is 13.7. The van der Waals surface area contributed by atoms with E-state index in [4.69, 9.17) is 15.6 Å². The summed E-state index contributed by atoms with van der Waals surface area (Å²) in [5.41, 5.74) is 5.44. The van der Waals surface area contributed by atoms with Crippen molar-refractivity contribution in [2.75, 3.05) is 6.61 Å². The van der Waals surface area contributed by atoms with Gasteiger partial charge < -0.3 is 25.8 Å². The van der Waals surface area contributed by atoms with Gasteiger partial charge in [-0.3, -0.25) is 10.1 Å². The minimum Gasteiger partial charge on any atom is -0.394 e. The zero-order valence-electron chi connectivity index (χ0n) is 10.1. The maximum Gasteiger partial charge on any atom is 0.244 e. The van der Waals surface area contributed by atoms with Crippen molar-refractivity contribution in [3.8, 4) is 0 Å². The molecule has 0 radical (unpaired) electrons. The van der Waals surface area contributed by atoms with Crippen LogP contribution in [0, 0.1) is 0 Å². The molecule has 0 bridgehead atoms. The van der Waals surface area contributed by atoms with Crippen LogP contribution in [0.3, 0.4) is 0 Å². The number of ether oxygens (including phenoxy) is 1. The summed E-state index contributed by atoms with van der Waals surface area (Å²) in [4.78, 5) is 10.7. The summed E-state index contributed by atoms with van der Waals surface area (Å²) < 4.78 is 5.22. The number of carbonyl (C=O) groups is 1. The molecule has 0 aliphatic carbocycles. The number of carbonyl (C=O) groups excluding carboxylic acids is 1. The second-order valence-corrected chi connectivity index (χ2v) is 4.09. The number of primary amides is 1. The number of hydrogen-bond acceptors (Lipinski definition) is 5. The first kappa shape index (κ1) is 14.8. The highest BCUT2D eigenvalue weighted by Crippen LogP contribution is 2.16. The van der Waals surface area contributed by atoms with Gasteiger partial charge in [0.15, 0.2) is 6.10 Å². The van der Waals surface area contributed by atoms with E-state index in [2.05, 4.69) is 0 Å². The molecular formula is C11H19N2O5+. The average Bonchev–Trinajstić information content (AvgIpc) is 2.61. The quantitative estimate of drug-likeness (QED) is 0.264. The van der Waals surface area contributed by atoms with Crippen LogP contribution >= 0.6 is 0 Å². The Kier molecular flexibility index (Phi) is 5.45. The third-order valence-electron chi connectivity index (χ3n) is 2.73. The van der Waals surface area contributed by atoms with Crippen molar-refractivity contribution in [2.24, 2.45) is 5.73 Å². The van der Waals surface area contributed by atoms with Crippen LogP contribution < -0.4 is 11.1 Å². The van der Waals surface area contributed by atoms with Gasteiger partial charge in [-0.05, 0) is 19.1 Å². The number of rotatable bonds is 5. The van der Waals surface area contributed by atoms with Gasteiger partial charge in [-0.25, -0.2) is 0 Å². The van der Waals surface area contributed by atoms with E-state index in [1.807, 2.05) is 0 Å². The Bertz CT molecular complexity index is 355. The Balaban J connectivity index is 2.47. The summed E-state index contributed by atoms with van der Waals surface area (Å²) in [6.07, 6.45) is 1.04. The lowest BCUT2D eigenvalue weighted by molar-refractivity contribution is -0.674. The highest BCUT2D eigenvalue weighted by molar-refractivity contribution is 5.91. The van der Waals surface area contributed by atoms with Crippen LogP contribution in [0.15, 0.2) is 23.9 Å². The molecule has 0 saturated carbocycles. The molecule has 1 rings (SSSR count). The molecule has 0 aromatic heterocycles. The molecule has 1 heterocycles. The van der Waals surface area contributed by atoms with E-state index in [-0.39, 0.29) is 6.61 Å². The van der Waals surface area contributed by atoms with E-state index in [1.54, 1.807) is 19.2 Å². The van der Waals surface area contributed by atoms with Crippen molar-refractivity contribution in [3.05, 3.63) is 23.9 Å². The molecule has 4 atom stereocenters. The molecule has 0 spiro atoms. The van der Waals surface area contributed by atoms with Gasteiger partial charge in [0.1, 0.15) is 12.2 Å². The Morgan fingerprint density at radius 3 is 2.61 bits per heavy atom. The molecule has 1 fully saturated rings. The molecule has 7 N–H and O–H groups in total. The number of allylic oxidation sites excluding steroid dienone is 2. The van der Waals surface area contributed by atoms with Crippen molar-refractivity contribution < 1.29 is 30.2 Å². The topological polar surface area (TPSA) is 130 Å². The molecule has 7 nitrogen and oxygen atoms in total. The second kappa shape index (κ2) is 6.62. The first-order chi connectivity index (χ1) is 8.47. The van der Waals surface area contributed by atoms with Gasteiger partial charge >= 0.3 is 0 Å². The van der Waals surface area contributed by atoms with E-state index in [9.17, 15) is 15.0 Å². The number of amides is 1. The van der Waals surface area contributed by atoms with Gasteiger partial charge in [0, 0.05) is 5.57 Å². The monoisotopic (exact) mass is 259 g/mol. The average molecular weight is 259 g/mol. The van der Waals surface area contributed by atoms with Crippen molar-refractivity contribution >= 4 is 5.91 Å². The van der Waals surface area contributed by atoms with Crippen LogP contribution in [0.2, 0.25) is 0 Å². The van der Waals surface area contributed by atoms with Crippen LogP contribution in [0.25, 0.3) is 0 Å². The number of nitrogens with two attached hydrogens (primary N) is 2. The van der Waals surface area contributed by atoms with Crippen LogP contribution in [0.4, 0.5) is 0 Å². The fraction of sp³-hybridized carbons (Fsp3) is 0.545. The summed E-state index contributed by atoms with van der Waals surface area (Å²) in [5.74, 6) is -0.507. The third kappa shape index (κ3) is 3.62. The highest BCUT2D eigenvalue weighted by Gasteiger charge is 2.44. The summed E-state index contributed by atoms with van der Waals surface area (Å²) in [6.45, 7) is 1.23. The van der Waals surface area contributed by atoms with Gasteiger partial charge in [0.05, 0.1) is 12.8 Å². The van der Waals surface area contributed by atoms with Crippen molar-refractivity contribution in [2.45, 2.75) is 31.5 Å². The fourth-order valence-electron chi connectivity index (χ4n) is 1.54. The third-order valence-corrected chi connectivity index (χ3v) is 2.73. The van der Waals surface area contributed by atoms with Crippen LogP contribution in [0.5, 0.6) is 0 Å². The zero-order valence-corrected chi connectivity index (χ0v) is 10.1. The van der Waals surface area contributed by atoms with Gasteiger partial charge in [0.25, 0.3) is 0 Å². The SMILES string of the molecule is C/C(=C\C=C/[NH2+]C1OC(CO)C(O)C1O)C(N)=O. The Hall–Kier alpha value is -1.25. The molecule has 4 unspecified atom stereocenters. The van der Waals surface area contributed by atoms with E-state index < -0.39 is 30.4 Å². The smallest absolute Gasteiger partial charge is 0.244 e. The fourth-order valence-corrected chi connectivity index (χ4v) is 1.54. The first-order valence-corrected chi connectivity index (χ1v) is 5.58. The highest BCUT2D eigenvalue weighted by atomic mass is 16.6. The Morgan fingerprint density at radius 1 is 1.44 bits per heavy atom. The van der Waals surface area contributed by atoms with E-state index in [0.29, 0.717) is 5.57 Å². The first-order valence-electron chi connectivity index (χ1n) is 5.58. The summed E-state index contributed by atoms with van der Waals surface area (Å²) in [5, 5.41) is 29.5. The van der Waals surface area contributed by atoms with Gasteiger partial charge in [0.2, 0.25) is 12.1 Å². The molecule has 1 amide bonds. The number of quaternary nitrogens is 1. The second-order valence-electron chi connectivity index (χ2n) is 4.09. The molecule has 18 heavy (non-hydrogen) atoms. The molecule has 0 aromatic carbocycles. The van der Waals surface area contributed by atoms with Crippen molar-refractivity contribution in [1.29, 1.82) is 0 Å². The van der Waals surface area contributed by atoms with Gasteiger partial charge in [-0.1, -0.05) is 0 Å². The molecule has 1 saturated heterocycles. The number of hydrogen-bond donors (Lipinski definition) is 5. The van der Waals surface area contributed by atoms with Gasteiger partial charge in [-0.2, -0.15) is 0 Å². The predicted molar refractivity (Wildman–Crippen MR) is 61.8 cm³/mol. The molecular weight excluding hydrogens is 240 g/mol. The normalized spacial score (nSPS) is 33.2. The van der Waals surface area contributed by atoms with Crippen LogP contribution in [-0.2, 0) is 9.53 Å². The standard InChI is InChI=1S/C11H18N2O5/c1-6(10(12)17)3-2-4-13-11-9(16)8(15)7(5-14)18-11/h2-4,7-9,11,13-16H,5H2,1H3,(H2,12,17)/p+1/b4-2-,6-3+. The Labute approximate surface area is 105 Å². The lowest BCUT2D eigenvalue weighted by Crippen LogP contribution is -2.87. The van der Waals surface area contributed by atoms with Crippen LogP contribution in [0.1, 0.15) is 6.92 Å². The summed E-state index contributed by atoms with van der Waals surface area (Å²) >= 11 is 0. The number of aliphatic hydroxyl groups is 3. The minimum absolute atomic E-state index is 0.354. The molecule has 0 aromatic rings. The van der Waals surface area contributed by atoms with E-state index in [0.717, 1.165) is 0 Å². The summed E-state index contributed by atoms with van der Waals surface area (Å²) in [7, 11) is 0. The van der Waals surface area contributed by atoms with Gasteiger partial charge in [-0.15, -0.1) is 0 Å². The van der Waals surface area contributed by atoms with E-state index >= 15 is 0 Å². The Morgan fingerprint density at radius 2 is 2.11 bits per heavy atom. The predicted octanol–water partition coefficient (Wildman–Crippen LogP) is -3.07. The number of aliphatic hydroxyl groups excluding tert-OH is 3. The maximum atomic E-state index is 10.7. The lowest BCUT2D eigenvalue weighted by atomic mass is 10.1. The summed E-state index contributed by atoms with van der Waals surface area (Å²) in [6, 6.07) is 0. The molecule has 1 aliphatic rings. The van der Waals surface area contributed by atoms with E-state index in [1.165, 1.54) is 11.4 Å². The molecule has 7 heteroatoms. The minimum atomic E-state index is -1.10. The lowest BCUT2D eigenvalue weighted by Gasteiger charge is -2.09. The largest absolute Gasteiger partial charge is 0.394 e. The van der Waals surface area contributed by atoms with Crippen molar-refractivity contribution in [1.82, 2.24) is 0 Å². The maximum absolute atomic E-state index is 10.7. The van der Waals surface area contributed by atoms with Crippen LogP contribution in [-0.4, -0.2) is 52.4 Å².